The quantitative estimate of drug-likeness (QED) is 0.248. The number of hydroxylamine groups is 1. The van der Waals surface area contributed by atoms with E-state index < -0.39 is 31.5 Å². The lowest BCUT2D eigenvalue weighted by atomic mass is 10.1. The van der Waals surface area contributed by atoms with Gasteiger partial charge in [-0.1, -0.05) is 29.9 Å². The first kappa shape index (κ1) is 25.9. The van der Waals surface area contributed by atoms with Crippen LogP contribution < -0.4 is 21.5 Å². The van der Waals surface area contributed by atoms with E-state index in [1.54, 1.807) is 0 Å². The molecule has 0 saturated carbocycles. The number of halogens is 1. The molecule has 0 bridgehead atoms. The van der Waals surface area contributed by atoms with Crippen molar-refractivity contribution in [2.24, 2.45) is 0 Å². The first-order valence-corrected chi connectivity index (χ1v) is 10.8. The zero-order chi connectivity index (χ0) is 23.2. The molecule has 12 heteroatoms. The van der Waals surface area contributed by atoms with Crippen LogP contribution in [0.15, 0.2) is 26.6 Å². The molecule has 0 radical (unpaired) electrons. The number of benzene rings is 1. The summed E-state index contributed by atoms with van der Waals surface area (Å²) in [6, 6.07) is 2.55. The lowest BCUT2D eigenvalue weighted by Crippen LogP contribution is -2.38. The Morgan fingerprint density at radius 2 is 1.67 bits per heavy atom. The SMILES string of the molecule is CCC(CC)Nc1c(Nc2ccc(Cl)c(S(=O)(=O)N(C)OC)c2O)c(=O)c1=O.CO. The maximum Gasteiger partial charge on any atom is 0.269 e. The third-order valence-electron chi connectivity index (χ3n) is 4.44. The van der Waals surface area contributed by atoms with Crippen molar-refractivity contribution >= 4 is 38.7 Å². The number of hydrogen-bond donors (Lipinski definition) is 4. The number of nitrogens with zero attached hydrogens (tertiary/aromatic N) is 1. The predicted molar refractivity (Wildman–Crippen MR) is 116 cm³/mol. The number of anilines is 3. The highest BCUT2D eigenvalue weighted by molar-refractivity contribution is 7.89. The van der Waals surface area contributed by atoms with Crippen LogP contribution in [-0.2, 0) is 14.9 Å². The molecule has 2 rings (SSSR count). The lowest BCUT2D eigenvalue weighted by Gasteiger charge is -2.21. The largest absolute Gasteiger partial charge is 0.504 e. The fraction of sp³-hybridized carbons (Fsp3) is 0.444. The van der Waals surface area contributed by atoms with Crippen LogP contribution in [0.3, 0.4) is 0 Å². The summed E-state index contributed by atoms with van der Waals surface area (Å²) in [6.45, 7) is 3.88. The topological polar surface area (TPSA) is 145 Å². The molecule has 2 aromatic carbocycles. The maximum atomic E-state index is 12.5. The van der Waals surface area contributed by atoms with Crippen molar-refractivity contribution in [1.82, 2.24) is 4.47 Å². The van der Waals surface area contributed by atoms with Gasteiger partial charge in [0.25, 0.3) is 20.9 Å². The fourth-order valence-electron chi connectivity index (χ4n) is 2.60. The van der Waals surface area contributed by atoms with Crippen LogP contribution in [0.4, 0.5) is 17.1 Å². The van der Waals surface area contributed by atoms with Crippen LogP contribution in [0.1, 0.15) is 26.7 Å². The third kappa shape index (κ3) is 4.93. The number of phenols is 1. The number of hydrogen-bond acceptors (Lipinski definition) is 9. The highest BCUT2D eigenvalue weighted by Gasteiger charge is 2.30. The van der Waals surface area contributed by atoms with Gasteiger partial charge in [0.15, 0.2) is 5.75 Å². The normalized spacial score (nSPS) is 11.5. The maximum absolute atomic E-state index is 12.5. The number of sulfonamides is 1. The highest BCUT2D eigenvalue weighted by Crippen LogP contribution is 2.39. The Morgan fingerprint density at radius 1 is 1.13 bits per heavy atom. The molecule has 0 heterocycles. The van der Waals surface area contributed by atoms with Crippen molar-refractivity contribution in [3.63, 3.8) is 0 Å². The first-order valence-electron chi connectivity index (χ1n) is 8.96. The molecule has 0 aromatic heterocycles. The molecule has 0 saturated heterocycles. The van der Waals surface area contributed by atoms with Gasteiger partial charge in [0.2, 0.25) is 0 Å². The molecule has 4 N–H and O–H groups in total. The molecule has 0 aliphatic heterocycles. The molecule has 0 fully saturated rings. The highest BCUT2D eigenvalue weighted by atomic mass is 35.5. The Labute approximate surface area is 179 Å². The smallest absolute Gasteiger partial charge is 0.269 e. The van der Waals surface area contributed by atoms with Gasteiger partial charge in [-0.2, -0.15) is 0 Å². The van der Waals surface area contributed by atoms with Gasteiger partial charge >= 0.3 is 0 Å². The Morgan fingerprint density at radius 3 is 2.17 bits per heavy atom. The second-order valence-electron chi connectivity index (χ2n) is 6.06. The number of phenolic OH excluding ortho intramolecular Hbond substituents is 1. The molecule has 0 amide bonds. The van der Waals surface area contributed by atoms with Crippen molar-refractivity contribution in [2.75, 3.05) is 31.9 Å². The van der Waals surface area contributed by atoms with Crippen LogP contribution >= 0.6 is 11.6 Å². The number of aliphatic hydroxyl groups excluding tert-OH is 1. The number of aromatic hydroxyl groups is 1. The van der Waals surface area contributed by atoms with Gasteiger partial charge < -0.3 is 20.8 Å². The van der Waals surface area contributed by atoms with Crippen molar-refractivity contribution < 1.29 is 23.5 Å². The summed E-state index contributed by atoms with van der Waals surface area (Å²) in [7, 11) is -0.975. The van der Waals surface area contributed by atoms with E-state index in [9.17, 15) is 23.1 Å². The summed E-state index contributed by atoms with van der Waals surface area (Å²) >= 11 is 5.96. The average molecular weight is 464 g/mol. The summed E-state index contributed by atoms with van der Waals surface area (Å²) < 4.78 is 25.6. The van der Waals surface area contributed by atoms with E-state index in [1.165, 1.54) is 12.1 Å². The zero-order valence-electron chi connectivity index (χ0n) is 17.3. The molecular weight excluding hydrogens is 438 g/mol. The summed E-state index contributed by atoms with van der Waals surface area (Å²) in [5.74, 6) is -0.696. The summed E-state index contributed by atoms with van der Waals surface area (Å²) in [4.78, 5) is 28.0. The Bertz CT molecular complexity index is 1050. The molecule has 0 aliphatic rings. The molecule has 2 aromatic rings. The molecule has 10 nitrogen and oxygen atoms in total. The predicted octanol–water partition coefficient (Wildman–Crippen LogP) is 1.78. The van der Waals surface area contributed by atoms with E-state index in [4.69, 9.17) is 16.7 Å². The molecular formula is C18H26ClN3O7S. The Kier molecular flexibility index (Phi) is 9.25. The van der Waals surface area contributed by atoms with E-state index >= 15 is 0 Å². The van der Waals surface area contributed by atoms with Crippen LogP contribution in [0.25, 0.3) is 0 Å². The van der Waals surface area contributed by atoms with Crippen molar-refractivity contribution in [3.05, 3.63) is 37.6 Å². The van der Waals surface area contributed by atoms with Gasteiger partial charge in [-0.05, 0) is 25.0 Å². The van der Waals surface area contributed by atoms with Crippen molar-refractivity contribution in [3.8, 4) is 5.75 Å². The van der Waals surface area contributed by atoms with Crippen molar-refractivity contribution in [1.29, 1.82) is 0 Å². The minimum absolute atomic E-state index is 0.00560. The second-order valence-corrected chi connectivity index (χ2v) is 8.34. The standard InChI is InChI=1S/C17H22ClN3O6S.CH4O/c1-5-9(6-2)19-12-13(16(24)15(12)23)20-11-8-7-10(18)17(14(11)22)28(25,26)21(3)27-4;1-2/h7-9,19-20,22H,5-6H2,1-4H3;2H,1H3. The Balaban J connectivity index is 0.00000218. The van der Waals surface area contributed by atoms with E-state index in [0.717, 1.165) is 34.1 Å². The zero-order valence-corrected chi connectivity index (χ0v) is 18.9. The monoisotopic (exact) mass is 463 g/mol. The van der Waals surface area contributed by atoms with E-state index in [-0.39, 0.29) is 28.1 Å². The van der Waals surface area contributed by atoms with Crippen LogP contribution in [-0.4, -0.2) is 50.4 Å². The van der Waals surface area contributed by atoms with Gasteiger partial charge in [0.1, 0.15) is 16.3 Å². The summed E-state index contributed by atoms with van der Waals surface area (Å²) in [5, 5.41) is 22.9. The van der Waals surface area contributed by atoms with Gasteiger partial charge in [0.05, 0.1) is 17.8 Å². The average Bonchev–Trinajstić information content (AvgIpc) is 2.74. The van der Waals surface area contributed by atoms with E-state index in [1.807, 2.05) is 13.8 Å². The van der Waals surface area contributed by atoms with Gasteiger partial charge in [0, 0.05) is 20.2 Å². The van der Waals surface area contributed by atoms with Gasteiger partial charge in [-0.25, -0.2) is 8.42 Å². The number of nitrogens with one attached hydrogen (secondary N) is 2. The van der Waals surface area contributed by atoms with Crippen LogP contribution in [0.5, 0.6) is 5.75 Å². The number of rotatable bonds is 9. The fourth-order valence-corrected chi connectivity index (χ4v) is 4.17. The molecule has 0 unspecified atom stereocenters. The van der Waals surface area contributed by atoms with Gasteiger partial charge in [-0.3, -0.25) is 14.4 Å². The van der Waals surface area contributed by atoms with E-state index in [2.05, 4.69) is 15.5 Å². The van der Waals surface area contributed by atoms with E-state index in [0.29, 0.717) is 4.47 Å². The number of aliphatic hydroxyl groups is 1. The minimum Gasteiger partial charge on any atom is -0.504 e. The molecule has 168 valence electrons. The Hall–Kier alpha value is -2.18. The summed E-state index contributed by atoms with van der Waals surface area (Å²) in [5.41, 5.74) is -1.47. The lowest BCUT2D eigenvalue weighted by molar-refractivity contribution is -0.0259. The molecule has 0 aliphatic carbocycles. The molecule has 0 spiro atoms. The molecule has 30 heavy (non-hydrogen) atoms. The minimum atomic E-state index is -4.26. The van der Waals surface area contributed by atoms with Crippen LogP contribution in [0.2, 0.25) is 5.02 Å². The third-order valence-corrected chi connectivity index (χ3v) is 6.62. The van der Waals surface area contributed by atoms with Crippen molar-refractivity contribution in [2.45, 2.75) is 37.6 Å². The molecule has 0 atom stereocenters. The first-order chi connectivity index (χ1) is 14.1. The second kappa shape index (κ2) is 10.7. The van der Waals surface area contributed by atoms with Gasteiger partial charge in [-0.15, -0.1) is 0 Å². The van der Waals surface area contributed by atoms with Crippen LogP contribution in [0, 0.1) is 0 Å². The summed E-state index contributed by atoms with van der Waals surface area (Å²) in [6.07, 6.45) is 1.49.